The Morgan fingerprint density at radius 3 is 1.83 bits per heavy atom. The molecule has 0 unspecified atom stereocenters. The standard InChI is InChI=1S/C16H32O7/c1-14(2,3)7-21-9-16(19,20)12-10(17)11(18)13(23-12)22-8-15(4,5)6/h10-13,17-20H,7-9H2,1-6H3/t10-,11-,12-,13+/m0/s1. The van der Waals surface area contributed by atoms with Crippen LogP contribution >= 0.6 is 0 Å². The first-order valence-corrected chi connectivity index (χ1v) is 7.89. The third kappa shape index (κ3) is 6.62. The highest BCUT2D eigenvalue weighted by molar-refractivity contribution is 4.94. The minimum atomic E-state index is -2.43. The molecule has 0 amide bonds. The van der Waals surface area contributed by atoms with Crippen molar-refractivity contribution in [2.75, 3.05) is 19.8 Å². The first-order chi connectivity index (χ1) is 10.2. The number of aliphatic hydroxyl groups is 4. The van der Waals surface area contributed by atoms with E-state index in [1.807, 2.05) is 41.5 Å². The van der Waals surface area contributed by atoms with Crippen molar-refractivity contribution in [2.24, 2.45) is 10.8 Å². The number of hydrogen-bond acceptors (Lipinski definition) is 7. The van der Waals surface area contributed by atoms with E-state index in [9.17, 15) is 20.4 Å². The second-order valence-corrected chi connectivity index (χ2v) is 8.71. The highest BCUT2D eigenvalue weighted by atomic mass is 16.7. The lowest BCUT2D eigenvalue weighted by Crippen LogP contribution is -2.52. The lowest BCUT2D eigenvalue weighted by Gasteiger charge is -2.30. The summed E-state index contributed by atoms with van der Waals surface area (Å²) in [5, 5.41) is 40.2. The topological polar surface area (TPSA) is 109 Å². The molecular weight excluding hydrogens is 304 g/mol. The Labute approximate surface area is 138 Å². The Balaban J connectivity index is 2.61. The van der Waals surface area contributed by atoms with Crippen LogP contribution in [0, 0.1) is 10.8 Å². The van der Waals surface area contributed by atoms with E-state index in [1.165, 1.54) is 0 Å². The van der Waals surface area contributed by atoms with Gasteiger partial charge < -0.3 is 34.6 Å². The fourth-order valence-electron chi connectivity index (χ4n) is 2.09. The van der Waals surface area contributed by atoms with Gasteiger partial charge in [0, 0.05) is 0 Å². The van der Waals surface area contributed by atoms with Crippen molar-refractivity contribution in [1.29, 1.82) is 0 Å². The molecule has 1 rings (SSSR count). The normalized spacial score (nSPS) is 30.0. The summed E-state index contributed by atoms with van der Waals surface area (Å²) in [6.07, 6.45) is -5.37. The van der Waals surface area contributed by atoms with Crippen LogP contribution in [0.25, 0.3) is 0 Å². The molecule has 0 aromatic carbocycles. The van der Waals surface area contributed by atoms with Gasteiger partial charge in [0.2, 0.25) is 5.79 Å². The third-order valence-electron chi connectivity index (χ3n) is 3.21. The highest BCUT2D eigenvalue weighted by Crippen LogP contribution is 2.30. The zero-order chi connectivity index (χ0) is 18.1. The molecule has 0 aromatic rings. The van der Waals surface area contributed by atoms with E-state index >= 15 is 0 Å². The van der Waals surface area contributed by atoms with Gasteiger partial charge in [-0.2, -0.15) is 0 Å². The van der Waals surface area contributed by atoms with Crippen LogP contribution in [-0.2, 0) is 14.2 Å². The zero-order valence-electron chi connectivity index (χ0n) is 14.9. The summed E-state index contributed by atoms with van der Waals surface area (Å²) in [7, 11) is 0. The molecule has 1 heterocycles. The number of rotatable bonds is 6. The molecule has 7 heteroatoms. The highest BCUT2D eigenvalue weighted by Gasteiger charge is 2.53. The van der Waals surface area contributed by atoms with Gasteiger partial charge >= 0.3 is 0 Å². The molecule has 0 aliphatic carbocycles. The molecule has 0 saturated carbocycles. The van der Waals surface area contributed by atoms with E-state index in [-0.39, 0.29) is 10.8 Å². The van der Waals surface area contributed by atoms with Gasteiger partial charge in [-0.1, -0.05) is 41.5 Å². The molecule has 0 spiro atoms. The van der Waals surface area contributed by atoms with E-state index in [2.05, 4.69) is 0 Å². The van der Waals surface area contributed by atoms with Gasteiger partial charge in [0.15, 0.2) is 6.29 Å². The number of ether oxygens (including phenoxy) is 3. The predicted octanol–water partition coefficient (Wildman–Crippen LogP) is 0.239. The van der Waals surface area contributed by atoms with Crippen molar-refractivity contribution in [3.8, 4) is 0 Å². The SMILES string of the molecule is CC(C)(C)COCC(O)(O)[C@H]1O[C@@H](OCC(C)(C)C)[C@@H](O)[C@@H]1O. The van der Waals surface area contributed by atoms with Crippen LogP contribution in [0.1, 0.15) is 41.5 Å². The van der Waals surface area contributed by atoms with Crippen LogP contribution in [0.4, 0.5) is 0 Å². The van der Waals surface area contributed by atoms with Crippen LogP contribution < -0.4 is 0 Å². The molecular formula is C16H32O7. The summed E-state index contributed by atoms with van der Waals surface area (Å²) < 4.78 is 16.1. The maximum atomic E-state index is 10.1. The van der Waals surface area contributed by atoms with E-state index in [4.69, 9.17) is 14.2 Å². The summed E-state index contributed by atoms with van der Waals surface area (Å²) >= 11 is 0. The van der Waals surface area contributed by atoms with Crippen molar-refractivity contribution in [1.82, 2.24) is 0 Å². The van der Waals surface area contributed by atoms with Gasteiger partial charge in [0.1, 0.15) is 24.9 Å². The molecule has 4 N–H and O–H groups in total. The molecule has 0 bridgehead atoms. The number of aliphatic hydroxyl groups excluding tert-OH is 2. The Bertz CT molecular complexity index is 370. The van der Waals surface area contributed by atoms with Crippen LogP contribution in [0.2, 0.25) is 0 Å². The second-order valence-electron chi connectivity index (χ2n) is 8.71. The Morgan fingerprint density at radius 2 is 1.35 bits per heavy atom. The van der Waals surface area contributed by atoms with Crippen molar-refractivity contribution in [3.63, 3.8) is 0 Å². The Hall–Kier alpha value is -0.280. The molecule has 23 heavy (non-hydrogen) atoms. The smallest absolute Gasteiger partial charge is 0.216 e. The quantitative estimate of drug-likeness (QED) is 0.515. The summed E-state index contributed by atoms with van der Waals surface area (Å²) in [5.41, 5.74) is -0.291. The predicted molar refractivity (Wildman–Crippen MR) is 83.5 cm³/mol. The van der Waals surface area contributed by atoms with Crippen molar-refractivity contribution >= 4 is 0 Å². The molecule has 0 aromatic heterocycles. The maximum absolute atomic E-state index is 10.1. The minimum absolute atomic E-state index is 0.136. The van der Waals surface area contributed by atoms with Gasteiger partial charge in [0.25, 0.3) is 0 Å². The van der Waals surface area contributed by atoms with E-state index < -0.39 is 37.0 Å². The number of hydrogen-bond donors (Lipinski definition) is 4. The van der Waals surface area contributed by atoms with Gasteiger partial charge in [-0.25, -0.2) is 0 Å². The minimum Gasteiger partial charge on any atom is -0.387 e. The average Bonchev–Trinajstić information content (AvgIpc) is 2.61. The lowest BCUT2D eigenvalue weighted by molar-refractivity contribution is -0.288. The van der Waals surface area contributed by atoms with Crippen molar-refractivity contribution < 1.29 is 34.6 Å². The molecule has 7 nitrogen and oxygen atoms in total. The van der Waals surface area contributed by atoms with Crippen LogP contribution in [0.3, 0.4) is 0 Å². The van der Waals surface area contributed by atoms with E-state index in [0.29, 0.717) is 13.2 Å². The summed E-state index contributed by atoms with van der Waals surface area (Å²) in [5.74, 6) is -2.43. The first-order valence-electron chi connectivity index (χ1n) is 7.89. The zero-order valence-corrected chi connectivity index (χ0v) is 14.9. The van der Waals surface area contributed by atoms with Crippen LogP contribution in [-0.4, -0.2) is 70.6 Å². The summed E-state index contributed by atoms with van der Waals surface area (Å²) in [6, 6.07) is 0. The molecule has 1 aliphatic rings. The molecule has 1 saturated heterocycles. The average molecular weight is 336 g/mol. The van der Waals surface area contributed by atoms with Gasteiger partial charge in [-0.15, -0.1) is 0 Å². The Kier molecular flexibility index (Phi) is 6.60. The maximum Gasteiger partial charge on any atom is 0.216 e. The Morgan fingerprint density at radius 1 is 0.826 bits per heavy atom. The molecule has 0 radical (unpaired) electrons. The molecule has 1 fully saturated rings. The fraction of sp³-hybridized carbons (Fsp3) is 1.00. The summed E-state index contributed by atoms with van der Waals surface area (Å²) in [6.45, 7) is 11.9. The molecule has 1 aliphatic heterocycles. The van der Waals surface area contributed by atoms with Gasteiger partial charge in [-0.05, 0) is 10.8 Å². The van der Waals surface area contributed by atoms with Gasteiger partial charge in [0.05, 0.1) is 13.2 Å². The fourth-order valence-corrected chi connectivity index (χ4v) is 2.09. The van der Waals surface area contributed by atoms with Crippen LogP contribution in [0.5, 0.6) is 0 Å². The largest absolute Gasteiger partial charge is 0.387 e. The van der Waals surface area contributed by atoms with E-state index in [0.717, 1.165) is 0 Å². The summed E-state index contributed by atoms with van der Waals surface area (Å²) in [4.78, 5) is 0. The monoisotopic (exact) mass is 336 g/mol. The third-order valence-corrected chi connectivity index (χ3v) is 3.21. The van der Waals surface area contributed by atoms with Crippen molar-refractivity contribution in [2.45, 2.75) is 71.9 Å². The first kappa shape index (κ1) is 20.8. The van der Waals surface area contributed by atoms with Crippen LogP contribution in [0.15, 0.2) is 0 Å². The van der Waals surface area contributed by atoms with Gasteiger partial charge in [-0.3, -0.25) is 0 Å². The van der Waals surface area contributed by atoms with E-state index in [1.54, 1.807) is 0 Å². The molecule has 4 atom stereocenters. The second kappa shape index (κ2) is 7.31. The lowest BCUT2D eigenvalue weighted by atomic mass is 9.98. The molecule has 138 valence electrons. The van der Waals surface area contributed by atoms with Crippen molar-refractivity contribution in [3.05, 3.63) is 0 Å².